The number of nitrogens with one attached hydrogen (secondary N) is 1. The Labute approximate surface area is 143 Å². The zero-order valence-corrected chi connectivity index (χ0v) is 14.1. The molecule has 0 fully saturated rings. The van der Waals surface area contributed by atoms with Gasteiger partial charge in [-0.25, -0.2) is 14.1 Å². The quantitative estimate of drug-likeness (QED) is 0.679. The normalized spacial score (nSPS) is 10.9. The van der Waals surface area contributed by atoms with Crippen LogP contribution in [-0.4, -0.2) is 39.4 Å². The van der Waals surface area contributed by atoms with E-state index in [1.54, 1.807) is 23.9 Å². The van der Waals surface area contributed by atoms with Gasteiger partial charge in [-0.3, -0.25) is 0 Å². The average molecular weight is 347 g/mol. The number of anilines is 1. The van der Waals surface area contributed by atoms with Crippen molar-refractivity contribution in [2.24, 2.45) is 0 Å². The van der Waals surface area contributed by atoms with E-state index in [4.69, 9.17) is 4.74 Å². The standard InChI is InChI=1S/C16H18FN5OS/c1-23-11-8-15-19-16(24-21-15)18-9-6-13-7-10-22(20-13)14-4-2-12(17)3-5-14/h2-5,7,10H,6,8-9,11H2,1H3,(H,18,19,21). The Bertz CT molecular complexity index is 771. The Kier molecular flexibility index (Phi) is 5.50. The predicted octanol–water partition coefficient (Wildman–Crippen LogP) is 2.71. The number of hydrogen-bond acceptors (Lipinski definition) is 6. The summed E-state index contributed by atoms with van der Waals surface area (Å²) >= 11 is 1.35. The summed E-state index contributed by atoms with van der Waals surface area (Å²) in [5, 5.41) is 8.55. The van der Waals surface area contributed by atoms with Crippen molar-refractivity contribution in [2.45, 2.75) is 12.8 Å². The van der Waals surface area contributed by atoms with E-state index in [0.29, 0.717) is 6.61 Å². The molecule has 1 aromatic carbocycles. The van der Waals surface area contributed by atoms with Crippen molar-refractivity contribution in [3.8, 4) is 5.69 Å². The fourth-order valence-electron chi connectivity index (χ4n) is 2.15. The van der Waals surface area contributed by atoms with Gasteiger partial charge in [-0.05, 0) is 30.3 Å². The van der Waals surface area contributed by atoms with Crippen LogP contribution in [-0.2, 0) is 17.6 Å². The molecule has 0 saturated heterocycles. The minimum atomic E-state index is -0.253. The first kappa shape index (κ1) is 16.5. The van der Waals surface area contributed by atoms with E-state index in [0.717, 1.165) is 41.7 Å². The van der Waals surface area contributed by atoms with Gasteiger partial charge in [0.1, 0.15) is 11.6 Å². The minimum Gasteiger partial charge on any atom is -0.384 e. The maximum Gasteiger partial charge on any atom is 0.202 e. The fourth-order valence-corrected chi connectivity index (χ4v) is 2.79. The molecular formula is C16H18FN5OS. The molecule has 0 atom stereocenters. The van der Waals surface area contributed by atoms with E-state index in [-0.39, 0.29) is 5.82 Å². The number of rotatable bonds is 8. The van der Waals surface area contributed by atoms with Gasteiger partial charge >= 0.3 is 0 Å². The lowest BCUT2D eigenvalue weighted by atomic mass is 10.3. The lowest BCUT2D eigenvalue weighted by molar-refractivity contribution is 0.201. The summed E-state index contributed by atoms with van der Waals surface area (Å²) in [7, 11) is 1.66. The third-order valence-electron chi connectivity index (χ3n) is 3.39. The van der Waals surface area contributed by atoms with Crippen molar-refractivity contribution in [1.29, 1.82) is 0 Å². The second-order valence-electron chi connectivity index (χ2n) is 5.16. The smallest absolute Gasteiger partial charge is 0.202 e. The highest BCUT2D eigenvalue weighted by Crippen LogP contribution is 2.12. The third kappa shape index (κ3) is 4.36. The Morgan fingerprint density at radius 3 is 2.83 bits per heavy atom. The first-order chi connectivity index (χ1) is 11.7. The molecule has 0 bridgehead atoms. The minimum absolute atomic E-state index is 0.253. The van der Waals surface area contributed by atoms with Crippen LogP contribution in [0.25, 0.3) is 5.69 Å². The molecule has 24 heavy (non-hydrogen) atoms. The molecule has 0 aliphatic carbocycles. The van der Waals surface area contributed by atoms with Gasteiger partial charge in [0.2, 0.25) is 5.13 Å². The highest BCUT2D eigenvalue weighted by Gasteiger charge is 2.05. The Hall–Kier alpha value is -2.32. The molecule has 2 aromatic heterocycles. The maximum absolute atomic E-state index is 13.0. The van der Waals surface area contributed by atoms with Crippen LogP contribution in [0, 0.1) is 5.82 Å². The fraction of sp³-hybridized carbons (Fsp3) is 0.312. The summed E-state index contributed by atoms with van der Waals surface area (Å²) in [6.07, 6.45) is 3.36. The first-order valence-electron chi connectivity index (χ1n) is 7.60. The monoisotopic (exact) mass is 347 g/mol. The van der Waals surface area contributed by atoms with Crippen LogP contribution in [0.3, 0.4) is 0 Å². The van der Waals surface area contributed by atoms with Crippen molar-refractivity contribution in [2.75, 3.05) is 25.6 Å². The number of benzene rings is 1. The number of aromatic nitrogens is 4. The Morgan fingerprint density at radius 1 is 1.21 bits per heavy atom. The topological polar surface area (TPSA) is 64.9 Å². The molecular weight excluding hydrogens is 329 g/mol. The van der Waals surface area contributed by atoms with Gasteiger partial charge in [0.25, 0.3) is 0 Å². The van der Waals surface area contributed by atoms with E-state index in [1.165, 1.54) is 23.7 Å². The molecule has 0 amide bonds. The van der Waals surface area contributed by atoms with E-state index < -0.39 is 0 Å². The third-order valence-corrected chi connectivity index (χ3v) is 4.10. The molecule has 0 unspecified atom stereocenters. The molecule has 8 heteroatoms. The van der Waals surface area contributed by atoms with Crippen LogP contribution in [0.5, 0.6) is 0 Å². The summed E-state index contributed by atoms with van der Waals surface area (Å²) in [6.45, 7) is 1.34. The zero-order valence-electron chi connectivity index (χ0n) is 13.3. The van der Waals surface area contributed by atoms with Crippen molar-refractivity contribution in [3.05, 3.63) is 53.9 Å². The lowest BCUT2D eigenvalue weighted by Gasteiger charge is -2.01. The zero-order chi connectivity index (χ0) is 16.8. The summed E-state index contributed by atoms with van der Waals surface area (Å²) < 4.78 is 24.0. The van der Waals surface area contributed by atoms with Crippen LogP contribution < -0.4 is 5.32 Å². The number of halogens is 1. The molecule has 0 radical (unpaired) electrons. The predicted molar refractivity (Wildman–Crippen MR) is 91.2 cm³/mol. The second kappa shape index (κ2) is 7.98. The van der Waals surface area contributed by atoms with Crippen molar-refractivity contribution in [3.63, 3.8) is 0 Å². The van der Waals surface area contributed by atoms with Gasteiger partial charge in [0.05, 0.1) is 18.0 Å². The van der Waals surface area contributed by atoms with E-state index in [9.17, 15) is 4.39 Å². The van der Waals surface area contributed by atoms with Gasteiger partial charge in [-0.2, -0.15) is 9.47 Å². The maximum atomic E-state index is 13.0. The molecule has 0 spiro atoms. The molecule has 1 N–H and O–H groups in total. The highest BCUT2D eigenvalue weighted by atomic mass is 32.1. The van der Waals surface area contributed by atoms with Crippen molar-refractivity contribution in [1.82, 2.24) is 19.1 Å². The van der Waals surface area contributed by atoms with Crippen molar-refractivity contribution >= 4 is 16.7 Å². The largest absolute Gasteiger partial charge is 0.384 e. The van der Waals surface area contributed by atoms with E-state index in [1.807, 2.05) is 12.3 Å². The van der Waals surface area contributed by atoms with Gasteiger partial charge in [-0.1, -0.05) is 0 Å². The summed E-state index contributed by atoms with van der Waals surface area (Å²) in [5.41, 5.74) is 1.79. The molecule has 6 nitrogen and oxygen atoms in total. The summed E-state index contributed by atoms with van der Waals surface area (Å²) in [5.74, 6) is 0.544. The Morgan fingerprint density at radius 2 is 2.04 bits per heavy atom. The number of nitrogens with zero attached hydrogens (tertiary/aromatic N) is 4. The molecule has 126 valence electrons. The molecule has 3 aromatic rings. The second-order valence-corrected chi connectivity index (χ2v) is 5.92. The van der Waals surface area contributed by atoms with E-state index >= 15 is 0 Å². The van der Waals surface area contributed by atoms with Gasteiger partial charge < -0.3 is 10.1 Å². The van der Waals surface area contributed by atoms with Crippen LogP contribution in [0.1, 0.15) is 11.5 Å². The Balaban J connectivity index is 1.50. The van der Waals surface area contributed by atoms with Crippen LogP contribution in [0.2, 0.25) is 0 Å². The van der Waals surface area contributed by atoms with Gasteiger partial charge in [0, 0.05) is 44.2 Å². The summed E-state index contributed by atoms with van der Waals surface area (Å²) in [6, 6.07) is 8.21. The lowest BCUT2D eigenvalue weighted by Crippen LogP contribution is -2.06. The van der Waals surface area contributed by atoms with Gasteiger partial charge in [0.15, 0.2) is 0 Å². The highest BCUT2D eigenvalue weighted by molar-refractivity contribution is 7.09. The SMILES string of the molecule is COCCc1nsc(NCCc2ccn(-c3ccc(F)cc3)n2)n1. The average Bonchev–Trinajstić information content (AvgIpc) is 3.23. The molecule has 2 heterocycles. The molecule has 3 rings (SSSR count). The van der Waals surface area contributed by atoms with Crippen molar-refractivity contribution < 1.29 is 9.13 Å². The number of methoxy groups -OCH3 is 1. The molecule has 0 aliphatic rings. The van der Waals surface area contributed by atoms with E-state index in [2.05, 4.69) is 19.8 Å². The molecule has 0 saturated carbocycles. The van der Waals surface area contributed by atoms with Crippen LogP contribution in [0.4, 0.5) is 9.52 Å². The summed E-state index contributed by atoms with van der Waals surface area (Å²) in [4.78, 5) is 4.40. The molecule has 0 aliphatic heterocycles. The number of hydrogen-bond donors (Lipinski definition) is 1. The number of ether oxygens (including phenoxy) is 1. The van der Waals surface area contributed by atoms with Gasteiger partial charge in [-0.15, -0.1) is 0 Å². The van der Waals surface area contributed by atoms with Crippen LogP contribution in [0.15, 0.2) is 36.5 Å². The van der Waals surface area contributed by atoms with Crippen LogP contribution >= 0.6 is 11.5 Å². The first-order valence-corrected chi connectivity index (χ1v) is 8.38.